The molecule has 0 unspecified atom stereocenters. The number of hydrogen-bond donors (Lipinski definition) is 0. The van der Waals surface area contributed by atoms with Gasteiger partial charge in [0.15, 0.2) is 0 Å². The SMILES string of the molecule is [2H]c1c([2H])c([2H])c(-c2c3ccccc3c(-c3ccc(-c4cccc5c4oc4cc6ccccc6cc45)cc3)c3ccccc23)c([2H])c1[2H]. The third kappa shape index (κ3) is 3.72. The molecule has 9 aromatic rings. The summed E-state index contributed by atoms with van der Waals surface area (Å²) < 4.78 is 49.0. The van der Waals surface area contributed by atoms with E-state index < -0.39 is 6.04 Å². The highest BCUT2D eigenvalue weighted by Gasteiger charge is 2.17. The first-order chi connectivity index (χ1) is 23.4. The van der Waals surface area contributed by atoms with Crippen molar-refractivity contribution in [3.8, 4) is 33.4 Å². The van der Waals surface area contributed by atoms with Gasteiger partial charge < -0.3 is 4.42 Å². The zero-order chi connectivity index (χ0) is 32.7. The van der Waals surface area contributed by atoms with Crippen molar-refractivity contribution >= 4 is 54.3 Å². The van der Waals surface area contributed by atoms with Crippen LogP contribution in [0.2, 0.25) is 0 Å². The van der Waals surface area contributed by atoms with Crippen molar-refractivity contribution < 1.29 is 11.3 Å². The molecule has 200 valence electrons. The summed E-state index contributed by atoms with van der Waals surface area (Å²) in [5.41, 5.74) is 6.67. The Bertz CT molecular complexity index is 2690. The molecular weight excluding hydrogens is 520 g/mol. The minimum absolute atomic E-state index is 0.207. The Balaban J connectivity index is 1.25. The smallest absolute Gasteiger partial charge is 0.143 e. The van der Waals surface area contributed by atoms with Crippen molar-refractivity contribution in [3.63, 3.8) is 0 Å². The predicted octanol–water partition coefficient (Wildman–Crippen LogP) is 12.0. The van der Waals surface area contributed by atoms with Crippen molar-refractivity contribution in [3.05, 3.63) is 158 Å². The van der Waals surface area contributed by atoms with Crippen molar-refractivity contribution in [2.45, 2.75) is 0 Å². The van der Waals surface area contributed by atoms with Crippen LogP contribution in [0.25, 0.3) is 87.6 Å². The van der Waals surface area contributed by atoms with Gasteiger partial charge in [-0.15, -0.1) is 0 Å². The van der Waals surface area contributed by atoms with Gasteiger partial charge in [0.25, 0.3) is 0 Å². The molecule has 0 atom stereocenters. The zero-order valence-electron chi connectivity index (χ0n) is 28.0. The Kier molecular flexibility index (Phi) is 4.27. The van der Waals surface area contributed by atoms with E-state index >= 15 is 0 Å². The molecule has 9 rings (SSSR count). The lowest BCUT2D eigenvalue weighted by atomic mass is 9.85. The van der Waals surface area contributed by atoms with Crippen LogP contribution in [0, 0.1) is 0 Å². The molecule has 0 radical (unpaired) electrons. The van der Waals surface area contributed by atoms with Crippen LogP contribution in [-0.4, -0.2) is 0 Å². The first-order valence-electron chi connectivity index (χ1n) is 16.9. The van der Waals surface area contributed by atoms with E-state index in [0.29, 0.717) is 5.56 Å². The molecule has 1 nitrogen and oxygen atoms in total. The lowest BCUT2D eigenvalue weighted by Gasteiger charge is -2.18. The third-order valence-corrected chi connectivity index (χ3v) is 8.53. The van der Waals surface area contributed by atoms with Crippen LogP contribution < -0.4 is 0 Å². The molecule has 0 aliphatic carbocycles. The molecule has 1 heterocycles. The summed E-state index contributed by atoms with van der Waals surface area (Å²) in [4.78, 5) is 0. The van der Waals surface area contributed by atoms with E-state index in [1.165, 1.54) is 5.39 Å². The second kappa shape index (κ2) is 9.44. The molecule has 1 aromatic heterocycles. The maximum absolute atomic E-state index is 8.80. The standard InChI is InChI=1S/C42H26O/c1-2-11-28(12-3-1)40-33-15-6-8-17-35(33)41(36-18-9-7-16-34(36)40)29-23-21-27(22-24-29)32-19-10-20-37-38-25-30-13-4-5-14-31(30)26-39(38)43-42(32)37/h1-26H/i1D,2D,3D,11D,12D. The maximum Gasteiger partial charge on any atom is 0.143 e. The Hall–Kier alpha value is -5.66. The Labute approximate surface area is 256 Å². The van der Waals surface area contributed by atoms with Crippen LogP contribution in [0.4, 0.5) is 0 Å². The monoisotopic (exact) mass is 551 g/mol. The molecule has 0 bridgehead atoms. The largest absolute Gasteiger partial charge is 0.455 e. The van der Waals surface area contributed by atoms with Crippen molar-refractivity contribution in [1.29, 1.82) is 0 Å². The number of fused-ring (bicyclic) bond motifs is 6. The predicted molar refractivity (Wildman–Crippen MR) is 183 cm³/mol. The lowest BCUT2D eigenvalue weighted by Crippen LogP contribution is -1.90. The normalized spacial score (nSPS) is 13.3. The Morgan fingerprint density at radius 1 is 0.419 bits per heavy atom. The average Bonchev–Trinajstić information content (AvgIpc) is 3.49. The van der Waals surface area contributed by atoms with Crippen LogP contribution in [0.5, 0.6) is 0 Å². The summed E-state index contributed by atoms with van der Waals surface area (Å²) >= 11 is 0. The highest BCUT2D eigenvalue weighted by Crippen LogP contribution is 2.44. The van der Waals surface area contributed by atoms with Crippen molar-refractivity contribution in [1.82, 2.24) is 0 Å². The second-order valence-electron chi connectivity index (χ2n) is 10.9. The Morgan fingerprint density at radius 3 is 1.60 bits per heavy atom. The van der Waals surface area contributed by atoms with Crippen molar-refractivity contribution in [2.24, 2.45) is 0 Å². The number of rotatable bonds is 3. The zero-order valence-corrected chi connectivity index (χ0v) is 23.0. The molecule has 1 heteroatoms. The van der Waals surface area contributed by atoms with Gasteiger partial charge in [0.05, 0.1) is 6.85 Å². The molecule has 0 fully saturated rings. The number of para-hydroxylation sites is 1. The van der Waals surface area contributed by atoms with Crippen molar-refractivity contribution in [2.75, 3.05) is 0 Å². The van der Waals surface area contributed by atoms with Crippen LogP contribution >= 0.6 is 0 Å². The fraction of sp³-hybridized carbons (Fsp3) is 0. The number of hydrogen-bond acceptors (Lipinski definition) is 1. The van der Waals surface area contributed by atoms with Crippen LogP contribution in [-0.2, 0) is 0 Å². The summed E-state index contributed by atoms with van der Waals surface area (Å²) in [6.07, 6.45) is 0. The second-order valence-corrected chi connectivity index (χ2v) is 10.9. The van der Waals surface area contributed by atoms with Gasteiger partial charge in [-0.1, -0.05) is 145 Å². The summed E-state index contributed by atoms with van der Waals surface area (Å²) in [7, 11) is 0. The molecule has 0 N–H and O–H groups in total. The topological polar surface area (TPSA) is 13.1 Å². The number of benzene rings is 8. The molecule has 0 saturated carbocycles. The molecule has 0 saturated heterocycles. The first kappa shape index (κ1) is 19.5. The van der Waals surface area contributed by atoms with E-state index in [1.54, 1.807) is 0 Å². The highest BCUT2D eigenvalue weighted by molar-refractivity contribution is 6.21. The summed E-state index contributed by atoms with van der Waals surface area (Å²) in [5.74, 6) is 0. The van der Waals surface area contributed by atoms with E-state index in [0.717, 1.165) is 71.1 Å². The first-order valence-corrected chi connectivity index (χ1v) is 14.4. The quantitative estimate of drug-likeness (QED) is 0.199. The van der Waals surface area contributed by atoms with Gasteiger partial charge in [-0.25, -0.2) is 0 Å². The molecule has 0 amide bonds. The van der Waals surface area contributed by atoms with E-state index in [4.69, 9.17) is 11.3 Å². The van der Waals surface area contributed by atoms with Crippen LogP contribution in [0.1, 0.15) is 6.85 Å². The molecule has 0 spiro atoms. The average molecular weight is 552 g/mol. The third-order valence-electron chi connectivity index (χ3n) is 8.53. The van der Waals surface area contributed by atoms with Gasteiger partial charge >= 0.3 is 0 Å². The lowest BCUT2D eigenvalue weighted by molar-refractivity contribution is 0.670. The van der Waals surface area contributed by atoms with Gasteiger partial charge in [-0.05, 0) is 72.3 Å². The van der Waals surface area contributed by atoms with Crippen LogP contribution in [0.3, 0.4) is 0 Å². The fourth-order valence-electron chi connectivity index (χ4n) is 6.61. The van der Waals surface area contributed by atoms with Gasteiger partial charge in [0, 0.05) is 16.3 Å². The van der Waals surface area contributed by atoms with E-state index in [9.17, 15) is 0 Å². The molecular formula is C42H26O. The highest BCUT2D eigenvalue weighted by atomic mass is 16.3. The number of furan rings is 1. The van der Waals surface area contributed by atoms with Gasteiger partial charge in [0.2, 0.25) is 0 Å². The van der Waals surface area contributed by atoms with Crippen LogP contribution in [0.15, 0.2) is 162 Å². The van der Waals surface area contributed by atoms with Gasteiger partial charge in [0.1, 0.15) is 11.2 Å². The summed E-state index contributed by atoms with van der Waals surface area (Å²) in [6.45, 7) is 0. The molecule has 0 aliphatic heterocycles. The van der Waals surface area contributed by atoms with Gasteiger partial charge in [-0.2, -0.15) is 0 Å². The molecule has 43 heavy (non-hydrogen) atoms. The minimum Gasteiger partial charge on any atom is -0.455 e. The van der Waals surface area contributed by atoms with E-state index in [-0.39, 0.29) is 29.7 Å². The maximum atomic E-state index is 8.80. The van der Waals surface area contributed by atoms with Gasteiger partial charge in [-0.3, -0.25) is 0 Å². The minimum atomic E-state index is -0.397. The molecule has 8 aromatic carbocycles. The van der Waals surface area contributed by atoms with E-state index in [1.807, 2.05) is 54.6 Å². The Morgan fingerprint density at radius 2 is 0.953 bits per heavy atom. The molecule has 0 aliphatic rings. The summed E-state index contributed by atoms with van der Waals surface area (Å²) in [6, 6.07) is 41.8. The summed E-state index contributed by atoms with van der Waals surface area (Å²) in [5, 5.41) is 8.04. The fourth-order valence-corrected chi connectivity index (χ4v) is 6.61. The van der Waals surface area contributed by atoms with E-state index in [2.05, 4.69) is 72.8 Å².